The van der Waals surface area contributed by atoms with Crippen LogP contribution in [0.1, 0.15) is 38.7 Å². The molecule has 1 unspecified atom stereocenters. The number of amides is 2. The second-order valence-electron chi connectivity index (χ2n) is 6.44. The van der Waals surface area contributed by atoms with E-state index in [0.717, 1.165) is 16.5 Å². The van der Waals surface area contributed by atoms with E-state index in [1.165, 1.54) is 0 Å². The molecule has 2 rings (SSSR count). The van der Waals surface area contributed by atoms with Gasteiger partial charge in [-0.15, -0.1) is 0 Å². The van der Waals surface area contributed by atoms with Crippen LogP contribution in [0.3, 0.4) is 0 Å². The molecule has 0 bridgehead atoms. The van der Waals surface area contributed by atoms with Crippen molar-refractivity contribution in [2.45, 2.75) is 45.6 Å². The Morgan fingerprint density at radius 1 is 1.15 bits per heavy atom. The van der Waals surface area contributed by atoms with Gasteiger partial charge in [0.25, 0.3) is 0 Å². The average Bonchev–Trinajstić information content (AvgIpc) is 3.05. The molecule has 3 N–H and O–H groups in total. The van der Waals surface area contributed by atoms with Crippen molar-refractivity contribution in [3.63, 3.8) is 0 Å². The number of H-pyrrole nitrogens is 1. The Balaban J connectivity index is 1.89. The first-order valence-corrected chi connectivity index (χ1v) is 9.31. The highest BCUT2D eigenvalue weighted by molar-refractivity contribution is 5.87. The molecule has 0 spiro atoms. The molecule has 1 aromatic heterocycles. The van der Waals surface area contributed by atoms with Gasteiger partial charge in [0.2, 0.25) is 11.8 Å². The number of benzene rings is 1. The number of carbonyl (C=O) groups excluding carboxylic acids is 2. The van der Waals surface area contributed by atoms with Crippen molar-refractivity contribution in [3.05, 3.63) is 36.0 Å². The van der Waals surface area contributed by atoms with Gasteiger partial charge in [-0.25, -0.2) is 4.79 Å². The van der Waals surface area contributed by atoms with Crippen LogP contribution in [-0.4, -0.2) is 51.9 Å². The van der Waals surface area contributed by atoms with E-state index < -0.39 is 12.0 Å². The van der Waals surface area contributed by atoms with Crippen LogP contribution in [0.5, 0.6) is 0 Å². The van der Waals surface area contributed by atoms with Crippen LogP contribution in [0.2, 0.25) is 0 Å². The van der Waals surface area contributed by atoms with Gasteiger partial charge < -0.3 is 20.3 Å². The number of carbonyl (C=O) groups is 3. The van der Waals surface area contributed by atoms with E-state index in [0.29, 0.717) is 19.5 Å². The number of aromatic nitrogens is 1. The molecule has 0 aliphatic heterocycles. The summed E-state index contributed by atoms with van der Waals surface area (Å²) in [4.78, 5) is 40.5. The summed E-state index contributed by atoms with van der Waals surface area (Å²) < 4.78 is 0. The summed E-state index contributed by atoms with van der Waals surface area (Å²) in [5.74, 6) is -1.41. The summed E-state index contributed by atoms with van der Waals surface area (Å²) in [5.41, 5.74) is 1.77. The predicted octanol–water partition coefficient (Wildman–Crippen LogP) is 2.32. The normalized spacial score (nSPS) is 11.9. The third kappa shape index (κ3) is 5.57. The quantitative estimate of drug-likeness (QED) is 0.595. The van der Waals surface area contributed by atoms with E-state index in [1.54, 1.807) is 11.1 Å². The van der Waals surface area contributed by atoms with Gasteiger partial charge in [0, 0.05) is 49.5 Å². The van der Waals surface area contributed by atoms with E-state index in [9.17, 15) is 19.5 Å². The van der Waals surface area contributed by atoms with Crippen molar-refractivity contribution in [2.75, 3.05) is 13.1 Å². The SMILES string of the molecule is CCN(CC)C(=O)CCCC(=O)NC(Cc1c[nH]c2ccccc12)C(=O)O. The third-order valence-corrected chi connectivity index (χ3v) is 4.64. The van der Waals surface area contributed by atoms with E-state index in [2.05, 4.69) is 10.3 Å². The smallest absolute Gasteiger partial charge is 0.326 e. The fraction of sp³-hybridized carbons (Fsp3) is 0.450. The third-order valence-electron chi connectivity index (χ3n) is 4.64. The Labute approximate surface area is 158 Å². The number of para-hydroxylation sites is 1. The predicted molar refractivity (Wildman–Crippen MR) is 103 cm³/mol. The first-order chi connectivity index (χ1) is 13.0. The summed E-state index contributed by atoms with van der Waals surface area (Å²) in [5, 5.41) is 13.0. The Kier molecular flexibility index (Phi) is 7.40. The molecule has 0 fully saturated rings. The lowest BCUT2D eigenvalue weighted by Gasteiger charge is -2.18. The molecule has 0 saturated carbocycles. The first kappa shape index (κ1) is 20.5. The zero-order chi connectivity index (χ0) is 19.8. The van der Waals surface area contributed by atoms with E-state index in [-0.39, 0.29) is 31.1 Å². The Hall–Kier alpha value is -2.83. The van der Waals surface area contributed by atoms with Crippen LogP contribution in [-0.2, 0) is 20.8 Å². The monoisotopic (exact) mass is 373 g/mol. The number of aliphatic carboxylic acids is 1. The lowest BCUT2D eigenvalue weighted by molar-refractivity contribution is -0.142. The fourth-order valence-electron chi connectivity index (χ4n) is 3.12. The first-order valence-electron chi connectivity index (χ1n) is 9.31. The minimum Gasteiger partial charge on any atom is -0.480 e. The molecule has 2 aromatic rings. The Morgan fingerprint density at radius 3 is 2.52 bits per heavy atom. The molecule has 0 aliphatic rings. The number of rotatable bonds is 10. The summed E-state index contributed by atoms with van der Waals surface area (Å²) >= 11 is 0. The molecule has 1 aromatic carbocycles. The molecule has 146 valence electrons. The minimum absolute atomic E-state index is 0.0152. The molecule has 2 amide bonds. The lowest BCUT2D eigenvalue weighted by Crippen LogP contribution is -2.42. The number of nitrogens with one attached hydrogen (secondary N) is 2. The van der Waals surface area contributed by atoms with Crippen LogP contribution < -0.4 is 5.32 Å². The maximum Gasteiger partial charge on any atom is 0.326 e. The molecule has 1 heterocycles. The Bertz CT molecular complexity index is 795. The van der Waals surface area contributed by atoms with Crippen molar-refractivity contribution >= 4 is 28.7 Å². The summed E-state index contributed by atoms with van der Waals surface area (Å²) in [6.45, 7) is 5.12. The molecule has 7 nitrogen and oxygen atoms in total. The van der Waals surface area contributed by atoms with Gasteiger partial charge in [0.15, 0.2) is 0 Å². The van der Waals surface area contributed by atoms with Crippen molar-refractivity contribution in [3.8, 4) is 0 Å². The molecule has 1 atom stereocenters. The van der Waals surface area contributed by atoms with Crippen LogP contribution >= 0.6 is 0 Å². The van der Waals surface area contributed by atoms with E-state index >= 15 is 0 Å². The van der Waals surface area contributed by atoms with Crippen molar-refractivity contribution in [1.82, 2.24) is 15.2 Å². The van der Waals surface area contributed by atoms with Gasteiger partial charge in [-0.3, -0.25) is 9.59 Å². The van der Waals surface area contributed by atoms with E-state index in [1.807, 2.05) is 38.1 Å². The maximum absolute atomic E-state index is 12.1. The van der Waals surface area contributed by atoms with Crippen LogP contribution in [0.4, 0.5) is 0 Å². The number of aromatic amines is 1. The van der Waals surface area contributed by atoms with Gasteiger partial charge in [0.05, 0.1) is 0 Å². The number of hydrogen-bond donors (Lipinski definition) is 3. The topological polar surface area (TPSA) is 103 Å². The van der Waals surface area contributed by atoms with Gasteiger partial charge >= 0.3 is 5.97 Å². The highest BCUT2D eigenvalue weighted by Gasteiger charge is 2.22. The molecular formula is C20H27N3O4. The number of carboxylic acids is 1. The largest absolute Gasteiger partial charge is 0.480 e. The number of carboxylic acid groups (broad SMARTS) is 1. The van der Waals surface area contributed by atoms with Gasteiger partial charge in [0.1, 0.15) is 6.04 Å². The fourth-order valence-corrected chi connectivity index (χ4v) is 3.12. The average molecular weight is 373 g/mol. The zero-order valence-corrected chi connectivity index (χ0v) is 15.8. The second kappa shape index (κ2) is 9.75. The number of nitrogens with zero attached hydrogens (tertiary/aromatic N) is 1. The summed E-state index contributed by atoms with van der Waals surface area (Å²) in [7, 11) is 0. The standard InChI is InChI=1S/C20H27N3O4/c1-3-23(4-2)19(25)11-7-10-18(24)22-17(20(26)27)12-14-13-21-16-9-6-5-8-15(14)16/h5-6,8-9,13,17,21H,3-4,7,10-12H2,1-2H3,(H,22,24)(H,26,27). The molecule has 0 radical (unpaired) electrons. The second-order valence-corrected chi connectivity index (χ2v) is 6.44. The molecule has 7 heteroatoms. The highest BCUT2D eigenvalue weighted by Crippen LogP contribution is 2.19. The minimum atomic E-state index is -1.08. The molecule has 0 saturated heterocycles. The molecular weight excluding hydrogens is 346 g/mol. The van der Waals surface area contributed by atoms with Crippen molar-refractivity contribution in [2.24, 2.45) is 0 Å². The maximum atomic E-state index is 12.1. The van der Waals surface area contributed by atoms with Gasteiger partial charge in [-0.05, 0) is 31.9 Å². The molecule has 0 aliphatic carbocycles. The van der Waals surface area contributed by atoms with Gasteiger partial charge in [-0.1, -0.05) is 18.2 Å². The van der Waals surface area contributed by atoms with Crippen LogP contribution in [0.15, 0.2) is 30.5 Å². The summed E-state index contributed by atoms with van der Waals surface area (Å²) in [6, 6.07) is 6.62. The van der Waals surface area contributed by atoms with Crippen molar-refractivity contribution < 1.29 is 19.5 Å². The lowest BCUT2D eigenvalue weighted by atomic mass is 10.0. The van der Waals surface area contributed by atoms with Crippen molar-refractivity contribution in [1.29, 1.82) is 0 Å². The Morgan fingerprint density at radius 2 is 1.85 bits per heavy atom. The zero-order valence-electron chi connectivity index (χ0n) is 15.8. The van der Waals surface area contributed by atoms with Crippen LogP contribution in [0.25, 0.3) is 10.9 Å². The number of fused-ring (bicyclic) bond motifs is 1. The highest BCUT2D eigenvalue weighted by atomic mass is 16.4. The van der Waals surface area contributed by atoms with E-state index in [4.69, 9.17) is 0 Å². The number of hydrogen-bond acceptors (Lipinski definition) is 3. The van der Waals surface area contributed by atoms with Gasteiger partial charge in [-0.2, -0.15) is 0 Å². The summed E-state index contributed by atoms with van der Waals surface area (Å²) in [6.07, 6.45) is 2.79. The van der Waals surface area contributed by atoms with Crippen LogP contribution in [0, 0.1) is 0 Å². The molecule has 27 heavy (non-hydrogen) atoms.